The summed E-state index contributed by atoms with van der Waals surface area (Å²) in [6.45, 7) is 8.28. The zero-order chi connectivity index (χ0) is 22.3. The first-order chi connectivity index (χ1) is 14.6. The lowest BCUT2D eigenvalue weighted by molar-refractivity contribution is -0.132. The van der Waals surface area contributed by atoms with E-state index >= 15 is 0 Å². The molecule has 178 valence electrons. The monoisotopic (exact) mass is 422 g/mol. The van der Waals surface area contributed by atoms with Crippen molar-refractivity contribution in [1.29, 1.82) is 0 Å². The van der Waals surface area contributed by atoms with Crippen LogP contribution in [0.2, 0.25) is 0 Å². The summed E-state index contributed by atoms with van der Waals surface area (Å²) in [5.41, 5.74) is 0.388. The van der Waals surface area contributed by atoms with Gasteiger partial charge in [-0.25, -0.2) is 4.79 Å². The van der Waals surface area contributed by atoms with E-state index in [-0.39, 0.29) is 0 Å². The molecule has 1 N–H and O–H groups in total. The molecule has 0 bridgehead atoms. The van der Waals surface area contributed by atoms with Crippen molar-refractivity contribution in [2.24, 2.45) is 5.92 Å². The smallest absolute Gasteiger partial charge is 0.330 e. The van der Waals surface area contributed by atoms with Gasteiger partial charge in [-0.05, 0) is 18.8 Å². The number of carboxylic acids is 1. The van der Waals surface area contributed by atoms with Crippen LogP contribution in [0.15, 0.2) is 12.2 Å². The summed E-state index contributed by atoms with van der Waals surface area (Å²) in [6.07, 6.45) is 29.0. The van der Waals surface area contributed by atoms with Crippen LogP contribution in [0.5, 0.6) is 0 Å². The van der Waals surface area contributed by atoms with Gasteiger partial charge < -0.3 is 5.11 Å². The summed E-state index contributed by atoms with van der Waals surface area (Å²) < 4.78 is 0. The molecular weight excluding hydrogens is 368 g/mol. The summed E-state index contributed by atoms with van der Waals surface area (Å²) in [5, 5.41) is 9.09. The van der Waals surface area contributed by atoms with Crippen molar-refractivity contribution >= 4 is 5.97 Å². The first-order valence-electron chi connectivity index (χ1n) is 13.5. The van der Waals surface area contributed by atoms with Crippen LogP contribution in [-0.2, 0) is 4.79 Å². The largest absolute Gasteiger partial charge is 0.478 e. The van der Waals surface area contributed by atoms with Crippen molar-refractivity contribution in [2.75, 3.05) is 0 Å². The van der Waals surface area contributed by atoms with Gasteiger partial charge in [-0.1, -0.05) is 149 Å². The predicted molar refractivity (Wildman–Crippen MR) is 133 cm³/mol. The molecule has 0 aliphatic carbocycles. The summed E-state index contributed by atoms with van der Waals surface area (Å²) in [6, 6.07) is 0. The van der Waals surface area contributed by atoms with Crippen molar-refractivity contribution in [3.05, 3.63) is 12.2 Å². The molecule has 0 fully saturated rings. The number of carbonyl (C=O) groups is 1. The Bertz CT molecular complexity index is 388. The van der Waals surface area contributed by atoms with E-state index in [0.29, 0.717) is 17.9 Å². The molecule has 1 atom stereocenters. The molecule has 0 heterocycles. The van der Waals surface area contributed by atoms with Crippen LogP contribution in [0.25, 0.3) is 0 Å². The molecule has 0 aliphatic rings. The zero-order valence-corrected chi connectivity index (χ0v) is 20.7. The number of rotatable bonds is 24. The topological polar surface area (TPSA) is 37.3 Å². The third-order valence-corrected chi connectivity index (χ3v) is 6.59. The Balaban J connectivity index is 3.87. The third-order valence-electron chi connectivity index (χ3n) is 6.59. The highest BCUT2D eigenvalue weighted by molar-refractivity contribution is 5.85. The Morgan fingerprint density at radius 2 is 0.933 bits per heavy atom. The number of aliphatic carboxylic acids is 1. The van der Waals surface area contributed by atoms with Gasteiger partial charge in [-0.15, -0.1) is 0 Å². The van der Waals surface area contributed by atoms with Crippen LogP contribution < -0.4 is 0 Å². The van der Waals surface area contributed by atoms with Gasteiger partial charge in [0, 0.05) is 5.57 Å². The molecule has 2 nitrogen and oxygen atoms in total. The maximum atomic E-state index is 11.1. The molecule has 1 unspecified atom stereocenters. The van der Waals surface area contributed by atoms with Gasteiger partial charge >= 0.3 is 5.97 Å². The Labute approximate surface area is 189 Å². The maximum absolute atomic E-state index is 11.1. The fourth-order valence-electron chi connectivity index (χ4n) is 4.41. The fourth-order valence-corrected chi connectivity index (χ4v) is 4.41. The van der Waals surface area contributed by atoms with Crippen molar-refractivity contribution < 1.29 is 9.90 Å². The number of hydrogen-bond donors (Lipinski definition) is 1. The predicted octanol–water partition coefficient (Wildman–Crippen LogP) is 9.87. The van der Waals surface area contributed by atoms with E-state index in [4.69, 9.17) is 5.11 Å². The van der Waals surface area contributed by atoms with Gasteiger partial charge in [0.2, 0.25) is 0 Å². The van der Waals surface area contributed by atoms with Crippen LogP contribution in [0.4, 0.5) is 0 Å². The van der Waals surface area contributed by atoms with Gasteiger partial charge in [0.15, 0.2) is 0 Å². The average Bonchev–Trinajstić information content (AvgIpc) is 2.74. The molecule has 0 amide bonds. The Morgan fingerprint density at radius 3 is 1.27 bits per heavy atom. The van der Waals surface area contributed by atoms with Gasteiger partial charge in [0.1, 0.15) is 0 Å². The molecule has 0 radical (unpaired) electrons. The molecule has 0 spiro atoms. The highest BCUT2D eigenvalue weighted by Gasteiger charge is 2.12. The van der Waals surface area contributed by atoms with Gasteiger partial charge in [0.25, 0.3) is 0 Å². The highest BCUT2D eigenvalue weighted by Crippen LogP contribution is 2.25. The highest BCUT2D eigenvalue weighted by atomic mass is 16.4. The van der Waals surface area contributed by atoms with Gasteiger partial charge in [0.05, 0.1) is 0 Å². The second kappa shape index (κ2) is 22.9. The molecule has 0 rings (SSSR count). The zero-order valence-electron chi connectivity index (χ0n) is 20.7. The summed E-state index contributed by atoms with van der Waals surface area (Å²) in [4.78, 5) is 11.1. The summed E-state index contributed by atoms with van der Waals surface area (Å²) >= 11 is 0. The first-order valence-corrected chi connectivity index (χ1v) is 13.5. The molecule has 0 saturated carbocycles. The Hall–Kier alpha value is -0.790. The maximum Gasteiger partial charge on any atom is 0.330 e. The van der Waals surface area contributed by atoms with E-state index in [1.165, 1.54) is 128 Å². The molecule has 0 aromatic heterocycles. The quantitative estimate of drug-likeness (QED) is 0.124. The average molecular weight is 423 g/mol. The number of hydrogen-bond acceptors (Lipinski definition) is 1. The second-order valence-corrected chi connectivity index (χ2v) is 9.55. The number of carboxylic acid groups (broad SMARTS) is 1. The molecule has 0 saturated heterocycles. The second-order valence-electron chi connectivity index (χ2n) is 9.55. The lowest BCUT2D eigenvalue weighted by Gasteiger charge is -2.17. The fraction of sp³-hybridized carbons (Fsp3) is 0.893. The Morgan fingerprint density at radius 1 is 0.600 bits per heavy atom. The minimum Gasteiger partial charge on any atom is -0.478 e. The molecule has 0 aromatic carbocycles. The standard InChI is InChI=1S/C28H54O2/c1-4-6-8-10-12-14-15-17-19-21-23-27(25-24-26(3)28(29)30)22-20-18-16-13-11-9-7-5-2/h27H,3-25H2,1-2H3,(H,29,30). The van der Waals surface area contributed by atoms with E-state index in [0.717, 1.165) is 6.42 Å². The normalized spacial score (nSPS) is 12.2. The van der Waals surface area contributed by atoms with E-state index in [1.54, 1.807) is 0 Å². The molecule has 2 heteroatoms. The third kappa shape index (κ3) is 20.5. The van der Waals surface area contributed by atoms with Crippen LogP contribution in [0, 0.1) is 5.92 Å². The molecular formula is C28H54O2. The van der Waals surface area contributed by atoms with Crippen LogP contribution in [-0.4, -0.2) is 11.1 Å². The Kier molecular flexibility index (Phi) is 22.3. The summed E-state index contributed by atoms with van der Waals surface area (Å²) in [5.74, 6) is -0.130. The first kappa shape index (κ1) is 29.2. The molecule has 0 aromatic rings. The lowest BCUT2D eigenvalue weighted by Crippen LogP contribution is -2.05. The number of unbranched alkanes of at least 4 members (excludes halogenated alkanes) is 16. The van der Waals surface area contributed by atoms with Crippen molar-refractivity contribution in [3.8, 4) is 0 Å². The molecule has 0 aliphatic heterocycles. The van der Waals surface area contributed by atoms with Gasteiger partial charge in [-0.2, -0.15) is 0 Å². The molecule has 30 heavy (non-hydrogen) atoms. The minimum atomic E-state index is -0.820. The van der Waals surface area contributed by atoms with E-state index < -0.39 is 5.97 Å². The van der Waals surface area contributed by atoms with Crippen LogP contribution >= 0.6 is 0 Å². The van der Waals surface area contributed by atoms with E-state index in [2.05, 4.69) is 20.4 Å². The van der Waals surface area contributed by atoms with Gasteiger partial charge in [-0.3, -0.25) is 0 Å². The van der Waals surface area contributed by atoms with Crippen molar-refractivity contribution in [2.45, 2.75) is 155 Å². The van der Waals surface area contributed by atoms with E-state index in [1.807, 2.05) is 0 Å². The van der Waals surface area contributed by atoms with Crippen molar-refractivity contribution in [3.63, 3.8) is 0 Å². The van der Waals surface area contributed by atoms with Crippen molar-refractivity contribution in [1.82, 2.24) is 0 Å². The summed E-state index contributed by atoms with van der Waals surface area (Å²) in [7, 11) is 0. The lowest BCUT2D eigenvalue weighted by atomic mass is 9.89. The SMILES string of the molecule is C=C(CCC(CCCCCCCCCC)CCCCCCCCCCCC)C(=O)O. The van der Waals surface area contributed by atoms with Crippen LogP contribution in [0.1, 0.15) is 155 Å². The van der Waals surface area contributed by atoms with E-state index in [9.17, 15) is 4.79 Å². The van der Waals surface area contributed by atoms with Crippen LogP contribution in [0.3, 0.4) is 0 Å². The minimum absolute atomic E-state index is 0.388.